The van der Waals surface area contributed by atoms with Crippen LogP contribution < -0.4 is 10.1 Å². The molecule has 1 aromatic rings. The number of rotatable bonds is 7. The molecular weight excluding hydrogens is 286 g/mol. The molecule has 0 aliphatic carbocycles. The first kappa shape index (κ1) is 16.3. The fourth-order valence-electron chi connectivity index (χ4n) is 2.71. The van der Waals surface area contributed by atoms with Gasteiger partial charge in [0.15, 0.2) is 9.84 Å². The van der Waals surface area contributed by atoms with Crippen molar-refractivity contribution in [2.24, 2.45) is 5.92 Å². The van der Waals surface area contributed by atoms with E-state index in [0.717, 1.165) is 19.5 Å². The van der Waals surface area contributed by atoms with Gasteiger partial charge in [-0.2, -0.15) is 0 Å². The highest BCUT2D eigenvalue weighted by Gasteiger charge is 2.19. The molecule has 0 bridgehead atoms. The second-order valence-corrected chi connectivity index (χ2v) is 7.69. The second kappa shape index (κ2) is 7.80. The van der Waals surface area contributed by atoms with Gasteiger partial charge < -0.3 is 10.1 Å². The highest BCUT2D eigenvalue weighted by Crippen LogP contribution is 2.25. The third-order valence-electron chi connectivity index (χ3n) is 3.84. The van der Waals surface area contributed by atoms with Gasteiger partial charge in [0.25, 0.3) is 0 Å². The molecule has 0 aromatic heterocycles. The van der Waals surface area contributed by atoms with Crippen molar-refractivity contribution >= 4 is 9.84 Å². The zero-order valence-corrected chi connectivity index (χ0v) is 13.5. The number of piperidine rings is 1. The van der Waals surface area contributed by atoms with E-state index in [1.165, 1.54) is 12.8 Å². The summed E-state index contributed by atoms with van der Waals surface area (Å²) < 4.78 is 30.2. The van der Waals surface area contributed by atoms with E-state index in [-0.39, 0.29) is 5.75 Å². The van der Waals surface area contributed by atoms with E-state index < -0.39 is 9.84 Å². The van der Waals surface area contributed by atoms with Crippen LogP contribution in [0, 0.1) is 5.92 Å². The molecule has 118 valence electrons. The number of ether oxygens (including phenoxy) is 1. The molecule has 1 aliphatic heterocycles. The van der Waals surface area contributed by atoms with E-state index in [9.17, 15) is 8.42 Å². The van der Waals surface area contributed by atoms with E-state index in [0.29, 0.717) is 29.6 Å². The zero-order valence-electron chi connectivity index (χ0n) is 12.7. The molecule has 1 heterocycles. The molecule has 0 saturated carbocycles. The van der Waals surface area contributed by atoms with Gasteiger partial charge in [0.05, 0.1) is 12.4 Å². The standard InChI is InChI=1S/C16H25NO3S/c1-2-12-21(18,19)16-8-4-3-7-15(16)20-11-9-14-6-5-10-17-13-14/h3-4,7-8,14,17H,2,5-6,9-13H2,1H3. The first-order valence-corrected chi connectivity index (χ1v) is 9.44. The third kappa shape index (κ3) is 4.71. The Balaban J connectivity index is 1.96. The van der Waals surface area contributed by atoms with Gasteiger partial charge in [-0.05, 0) is 56.8 Å². The minimum absolute atomic E-state index is 0.167. The van der Waals surface area contributed by atoms with Crippen LogP contribution in [0.3, 0.4) is 0 Å². The molecule has 0 radical (unpaired) electrons. The van der Waals surface area contributed by atoms with E-state index in [1.807, 2.05) is 13.0 Å². The van der Waals surface area contributed by atoms with E-state index in [2.05, 4.69) is 5.32 Å². The largest absolute Gasteiger partial charge is 0.492 e. The Hall–Kier alpha value is -1.07. The second-order valence-electron chi connectivity index (χ2n) is 5.62. The third-order valence-corrected chi connectivity index (χ3v) is 5.79. The van der Waals surface area contributed by atoms with Crippen molar-refractivity contribution in [1.82, 2.24) is 5.32 Å². The first-order chi connectivity index (χ1) is 10.1. The van der Waals surface area contributed by atoms with Crippen molar-refractivity contribution in [2.45, 2.75) is 37.5 Å². The normalized spacial score (nSPS) is 19.4. The molecule has 5 heteroatoms. The fraction of sp³-hybridized carbons (Fsp3) is 0.625. The van der Waals surface area contributed by atoms with Gasteiger partial charge in [-0.15, -0.1) is 0 Å². The van der Waals surface area contributed by atoms with E-state index in [4.69, 9.17) is 4.74 Å². The smallest absolute Gasteiger partial charge is 0.182 e. The molecule has 1 saturated heterocycles. The van der Waals surface area contributed by atoms with Crippen LogP contribution in [0.2, 0.25) is 0 Å². The number of sulfone groups is 1. The fourth-order valence-corrected chi connectivity index (χ4v) is 4.19. The Morgan fingerprint density at radius 1 is 1.33 bits per heavy atom. The maximum Gasteiger partial charge on any atom is 0.182 e. The Bertz CT molecular complexity index is 536. The lowest BCUT2D eigenvalue weighted by Gasteiger charge is -2.22. The van der Waals surface area contributed by atoms with Gasteiger partial charge >= 0.3 is 0 Å². The number of hydrogen-bond acceptors (Lipinski definition) is 4. The quantitative estimate of drug-likeness (QED) is 0.841. The molecule has 1 N–H and O–H groups in total. The van der Waals surface area contributed by atoms with Crippen molar-refractivity contribution in [3.05, 3.63) is 24.3 Å². The minimum Gasteiger partial charge on any atom is -0.492 e. The van der Waals surface area contributed by atoms with E-state index >= 15 is 0 Å². The summed E-state index contributed by atoms with van der Waals surface area (Å²) in [4.78, 5) is 0.327. The summed E-state index contributed by atoms with van der Waals surface area (Å²) >= 11 is 0. The summed E-state index contributed by atoms with van der Waals surface area (Å²) in [5, 5.41) is 3.38. The summed E-state index contributed by atoms with van der Waals surface area (Å²) in [5.74, 6) is 1.30. The molecule has 0 amide bonds. The van der Waals surface area contributed by atoms with Gasteiger partial charge in [0.1, 0.15) is 10.6 Å². The molecule has 1 unspecified atom stereocenters. The lowest BCUT2D eigenvalue weighted by Crippen LogP contribution is -2.30. The van der Waals surface area contributed by atoms with Gasteiger partial charge in [-0.25, -0.2) is 8.42 Å². The molecule has 1 fully saturated rings. The number of para-hydroxylation sites is 1. The van der Waals surface area contributed by atoms with Crippen LogP contribution in [0.5, 0.6) is 5.75 Å². The summed E-state index contributed by atoms with van der Waals surface area (Å²) in [6.07, 6.45) is 4.03. The number of benzene rings is 1. The predicted octanol–water partition coefficient (Wildman–Crippen LogP) is 2.64. The molecule has 4 nitrogen and oxygen atoms in total. The summed E-state index contributed by atoms with van der Waals surface area (Å²) in [5.41, 5.74) is 0. The maximum atomic E-state index is 12.2. The maximum absolute atomic E-state index is 12.2. The number of nitrogens with one attached hydrogen (secondary N) is 1. The SMILES string of the molecule is CCCS(=O)(=O)c1ccccc1OCCC1CCCNC1. The summed E-state index contributed by atoms with van der Waals surface area (Å²) in [7, 11) is -3.23. The molecule has 2 rings (SSSR count). The van der Waals surface area contributed by atoms with Crippen molar-refractivity contribution in [3.8, 4) is 5.75 Å². The highest BCUT2D eigenvalue weighted by atomic mass is 32.2. The predicted molar refractivity (Wildman–Crippen MR) is 84.5 cm³/mol. The van der Waals surface area contributed by atoms with Gasteiger partial charge in [-0.1, -0.05) is 19.1 Å². The van der Waals surface area contributed by atoms with E-state index in [1.54, 1.807) is 18.2 Å². The molecular formula is C16H25NO3S. The summed E-state index contributed by atoms with van der Waals surface area (Å²) in [6, 6.07) is 6.97. The van der Waals surface area contributed by atoms with Crippen molar-refractivity contribution < 1.29 is 13.2 Å². The van der Waals surface area contributed by atoms with Gasteiger partial charge in [0, 0.05) is 0 Å². The Kier molecular flexibility index (Phi) is 6.06. The number of hydrogen-bond donors (Lipinski definition) is 1. The van der Waals surface area contributed by atoms with Crippen LogP contribution in [-0.2, 0) is 9.84 Å². The molecule has 21 heavy (non-hydrogen) atoms. The monoisotopic (exact) mass is 311 g/mol. The molecule has 0 spiro atoms. The first-order valence-electron chi connectivity index (χ1n) is 7.79. The van der Waals surface area contributed by atoms with Gasteiger partial charge in [0.2, 0.25) is 0 Å². The van der Waals surface area contributed by atoms with Crippen LogP contribution >= 0.6 is 0 Å². The molecule has 1 aromatic carbocycles. The van der Waals surface area contributed by atoms with Crippen LogP contribution in [0.1, 0.15) is 32.6 Å². The average molecular weight is 311 g/mol. The summed E-state index contributed by atoms with van der Waals surface area (Å²) in [6.45, 7) is 4.59. The lowest BCUT2D eigenvalue weighted by molar-refractivity contribution is 0.250. The Morgan fingerprint density at radius 3 is 2.86 bits per heavy atom. The van der Waals surface area contributed by atoms with Crippen molar-refractivity contribution in [3.63, 3.8) is 0 Å². The molecule has 1 atom stereocenters. The highest BCUT2D eigenvalue weighted by molar-refractivity contribution is 7.91. The Morgan fingerprint density at radius 2 is 2.14 bits per heavy atom. The van der Waals surface area contributed by atoms with Crippen molar-refractivity contribution in [2.75, 3.05) is 25.4 Å². The van der Waals surface area contributed by atoms with Crippen LogP contribution in [-0.4, -0.2) is 33.9 Å². The van der Waals surface area contributed by atoms with Crippen LogP contribution in [0.15, 0.2) is 29.2 Å². The van der Waals surface area contributed by atoms with Gasteiger partial charge in [-0.3, -0.25) is 0 Å². The lowest BCUT2D eigenvalue weighted by atomic mass is 9.97. The zero-order chi connectivity index (χ0) is 15.1. The van der Waals surface area contributed by atoms with Crippen LogP contribution in [0.25, 0.3) is 0 Å². The topological polar surface area (TPSA) is 55.4 Å². The average Bonchev–Trinajstić information content (AvgIpc) is 2.49. The Labute approximate surface area is 127 Å². The minimum atomic E-state index is -3.23. The van der Waals surface area contributed by atoms with Crippen molar-refractivity contribution in [1.29, 1.82) is 0 Å². The molecule has 1 aliphatic rings. The van der Waals surface area contributed by atoms with Crippen LogP contribution in [0.4, 0.5) is 0 Å².